The average Bonchev–Trinajstić information content (AvgIpc) is 3.32. The maximum Gasteiger partial charge on any atom is 0.233 e. The van der Waals surface area contributed by atoms with Gasteiger partial charge in [-0.25, -0.2) is 4.98 Å². The van der Waals surface area contributed by atoms with E-state index in [1.807, 2.05) is 29.2 Å². The number of hydrogen-bond acceptors (Lipinski definition) is 4. The summed E-state index contributed by atoms with van der Waals surface area (Å²) in [5.41, 5.74) is 1.88. The van der Waals surface area contributed by atoms with Gasteiger partial charge in [-0.1, -0.05) is 25.0 Å². The molecule has 3 aliphatic rings. The van der Waals surface area contributed by atoms with Crippen LogP contribution in [-0.4, -0.2) is 50.6 Å². The fourth-order valence-corrected chi connectivity index (χ4v) is 5.45. The maximum atomic E-state index is 13.1. The average molecular weight is 409 g/mol. The molecule has 1 saturated carbocycles. The Hall–Kier alpha value is -2.70. The Morgan fingerprint density at radius 1 is 1.00 bits per heavy atom. The van der Waals surface area contributed by atoms with Crippen molar-refractivity contribution in [2.45, 2.75) is 57.4 Å². The van der Waals surface area contributed by atoms with Crippen molar-refractivity contribution in [3.05, 3.63) is 30.1 Å². The third kappa shape index (κ3) is 3.30. The number of rotatable bonds is 4. The molecule has 1 aromatic carbocycles. The number of nitrogens with zero attached hydrogens (tertiary/aromatic N) is 3. The van der Waals surface area contributed by atoms with E-state index >= 15 is 0 Å². The lowest BCUT2D eigenvalue weighted by molar-refractivity contribution is -0.141. The second-order valence-electron chi connectivity index (χ2n) is 8.81. The lowest BCUT2D eigenvalue weighted by Crippen LogP contribution is -2.41. The summed E-state index contributed by atoms with van der Waals surface area (Å²) in [4.78, 5) is 49.8. The molecule has 30 heavy (non-hydrogen) atoms. The summed E-state index contributed by atoms with van der Waals surface area (Å²) < 4.78 is 0. The molecule has 2 saturated heterocycles. The monoisotopic (exact) mass is 408 g/mol. The molecule has 1 aliphatic carbocycles. The minimum atomic E-state index is -0.153. The smallest absolute Gasteiger partial charge is 0.233 e. The SMILES string of the molecule is O=C1[C@@H]2CCCC[C@H]2C(=O)N1CCC(=O)N1CCCC[C@H]1c1nc2ccccc2[nH]1. The lowest BCUT2D eigenvalue weighted by atomic mass is 9.81. The number of para-hydroxylation sites is 2. The van der Waals surface area contributed by atoms with Crippen molar-refractivity contribution in [3.63, 3.8) is 0 Å². The van der Waals surface area contributed by atoms with E-state index in [-0.39, 0.29) is 48.6 Å². The zero-order valence-electron chi connectivity index (χ0n) is 17.2. The molecule has 2 aromatic rings. The standard InChI is InChI=1S/C23H28N4O3/c28-20(12-14-27-22(29)15-7-1-2-8-16(15)23(27)30)26-13-6-5-11-19(26)21-24-17-9-3-4-10-18(17)25-21/h3-4,9-10,15-16,19H,1-2,5-8,11-14H2,(H,24,25)/t15-,16-,19+/m1/s1. The molecule has 7 nitrogen and oxygen atoms in total. The molecular weight excluding hydrogens is 380 g/mol. The van der Waals surface area contributed by atoms with Gasteiger partial charge < -0.3 is 9.88 Å². The van der Waals surface area contributed by atoms with Crippen LogP contribution in [0.3, 0.4) is 0 Å². The molecule has 3 heterocycles. The maximum absolute atomic E-state index is 13.1. The molecule has 1 N–H and O–H groups in total. The van der Waals surface area contributed by atoms with E-state index in [4.69, 9.17) is 4.98 Å². The van der Waals surface area contributed by atoms with Crippen molar-refractivity contribution >= 4 is 28.8 Å². The highest BCUT2D eigenvalue weighted by molar-refractivity contribution is 6.05. The van der Waals surface area contributed by atoms with Gasteiger partial charge in [-0.15, -0.1) is 0 Å². The van der Waals surface area contributed by atoms with Crippen molar-refractivity contribution in [3.8, 4) is 0 Å². The number of hydrogen-bond donors (Lipinski definition) is 1. The summed E-state index contributed by atoms with van der Waals surface area (Å²) in [6.45, 7) is 0.889. The van der Waals surface area contributed by atoms with Crippen LogP contribution in [0, 0.1) is 11.8 Å². The molecule has 3 amide bonds. The van der Waals surface area contributed by atoms with Crippen molar-refractivity contribution in [1.82, 2.24) is 19.8 Å². The van der Waals surface area contributed by atoms with E-state index in [9.17, 15) is 14.4 Å². The van der Waals surface area contributed by atoms with Crippen LogP contribution in [0.4, 0.5) is 0 Å². The number of fused-ring (bicyclic) bond motifs is 2. The number of amides is 3. The Morgan fingerprint density at radius 2 is 1.70 bits per heavy atom. The second kappa shape index (κ2) is 7.85. The number of benzene rings is 1. The summed E-state index contributed by atoms with van der Waals surface area (Å²) in [6, 6.07) is 7.80. The molecule has 3 atom stereocenters. The van der Waals surface area contributed by atoms with Gasteiger partial charge in [0.05, 0.1) is 28.9 Å². The number of aromatic amines is 1. The summed E-state index contributed by atoms with van der Waals surface area (Å²) in [5.74, 6) is 0.383. The number of likely N-dealkylation sites (tertiary alicyclic amines) is 2. The van der Waals surface area contributed by atoms with Gasteiger partial charge in [0.25, 0.3) is 0 Å². The predicted octanol–water partition coefficient (Wildman–Crippen LogP) is 3.18. The Kier molecular flexibility index (Phi) is 5.05. The number of nitrogens with one attached hydrogen (secondary N) is 1. The Balaban J connectivity index is 1.28. The van der Waals surface area contributed by atoms with Gasteiger partial charge in [0, 0.05) is 19.5 Å². The molecule has 7 heteroatoms. The summed E-state index contributed by atoms with van der Waals surface area (Å²) >= 11 is 0. The number of imide groups is 1. The molecule has 1 aromatic heterocycles. The van der Waals surface area contributed by atoms with E-state index in [1.54, 1.807) is 0 Å². The quantitative estimate of drug-likeness (QED) is 0.787. The van der Waals surface area contributed by atoms with Crippen LogP contribution in [-0.2, 0) is 14.4 Å². The third-order valence-electron chi connectivity index (χ3n) is 7.03. The predicted molar refractivity (Wildman–Crippen MR) is 111 cm³/mol. The first kappa shape index (κ1) is 19.3. The van der Waals surface area contributed by atoms with E-state index in [2.05, 4.69) is 4.98 Å². The fraction of sp³-hybridized carbons (Fsp3) is 0.565. The van der Waals surface area contributed by atoms with Crippen molar-refractivity contribution in [1.29, 1.82) is 0 Å². The highest BCUT2D eigenvalue weighted by atomic mass is 16.2. The molecule has 0 radical (unpaired) electrons. The highest BCUT2D eigenvalue weighted by Gasteiger charge is 2.48. The normalized spacial score (nSPS) is 27.0. The Morgan fingerprint density at radius 3 is 2.43 bits per heavy atom. The van der Waals surface area contributed by atoms with Crippen molar-refractivity contribution in [2.24, 2.45) is 11.8 Å². The molecule has 0 unspecified atom stereocenters. The minimum Gasteiger partial charge on any atom is -0.340 e. The molecule has 158 valence electrons. The fourth-order valence-electron chi connectivity index (χ4n) is 5.45. The van der Waals surface area contributed by atoms with Crippen LogP contribution in [0.2, 0.25) is 0 Å². The highest BCUT2D eigenvalue weighted by Crippen LogP contribution is 2.38. The van der Waals surface area contributed by atoms with Gasteiger partial charge in [0.2, 0.25) is 17.7 Å². The molecule has 3 fully saturated rings. The first-order valence-corrected chi connectivity index (χ1v) is 11.2. The van der Waals surface area contributed by atoms with E-state index in [0.29, 0.717) is 6.54 Å². The lowest BCUT2D eigenvalue weighted by Gasteiger charge is -2.35. The first-order chi connectivity index (χ1) is 14.6. The Labute approximate surface area is 175 Å². The van der Waals surface area contributed by atoms with Gasteiger partial charge in [0.15, 0.2) is 0 Å². The number of piperidine rings is 1. The van der Waals surface area contributed by atoms with Crippen LogP contribution in [0.25, 0.3) is 11.0 Å². The zero-order chi connectivity index (χ0) is 20.7. The Bertz CT molecular complexity index is 927. The van der Waals surface area contributed by atoms with Crippen LogP contribution in [0.1, 0.15) is 63.2 Å². The largest absolute Gasteiger partial charge is 0.340 e. The zero-order valence-corrected chi connectivity index (χ0v) is 17.2. The topological polar surface area (TPSA) is 86.4 Å². The van der Waals surface area contributed by atoms with Gasteiger partial charge in [-0.2, -0.15) is 0 Å². The van der Waals surface area contributed by atoms with E-state index in [0.717, 1.165) is 61.8 Å². The minimum absolute atomic E-state index is 0.00405. The van der Waals surface area contributed by atoms with Crippen LogP contribution in [0.5, 0.6) is 0 Å². The van der Waals surface area contributed by atoms with Gasteiger partial charge in [0.1, 0.15) is 5.82 Å². The number of H-pyrrole nitrogens is 1. The van der Waals surface area contributed by atoms with Gasteiger partial charge in [-0.05, 0) is 44.2 Å². The van der Waals surface area contributed by atoms with Crippen LogP contribution in [0.15, 0.2) is 24.3 Å². The number of carbonyl (C=O) groups excluding carboxylic acids is 3. The van der Waals surface area contributed by atoms with Crippen molar-refractivity contribution < 1.29 is 14.4 Å². The first-order valence-electron chi connectivity index (χ1n) is 11.2. The number of carbonyl (C=O) groups is 3. The van der Waals surface area contributed by atoms with Gasteiger partial charge >= 0.3 is 0 Å². The van der Waals surface area contributed by atoms with Crippen LogP contribution < -0.4 is 0 Å². The van der Waals surface area contributed by atoms with Gasteiger partial charge in [-0.3, -0.25) is 19.3 Å². The molecule has 0 spiro atoms. The second-order valence-corrected chi connectivity index (χ2v) is 8.81. The van der Waals surface area contributed by atoms with E-state index < -0.39 is 0 Å². The molecular formula is C23H28N4O3. The number of imidazole rings is 1. The summed E-state index contributed by atoms with van der Waals surface area (Å²) in [6.07, 6.45) is 6.72. The summed E-state index contributed by atoms with van der Waals surface area (Å²) in [5, 5.41) is 0. The van der Waals surface area contributed by atoms with E-state index in [1.165, 1.54) is 4.90 Å². The summed E-state index contributed by atoms with van der Waals surface area (Å²) in [7, 11) is 0. The molecule has 0 bridgehead atoms. The number of aromatic nitrogens is 2. The molecule has 5 rings (SSSR count). The molecule has 2 aliphatic heterocycles. The van der Waals surface area contributed by atoms with Crippen LogP contribution >= 0.6 is 0 Å². The third-order valence-corrected chi connectivity index (χ3v) is 7.03. The van der Waals surface area contributed by atoms with Crippen molar-refractivity contribution in [2.75, 3.05) is 13.1 Å².